The summed E-state index contributed by atoms with van der Waals surface area (Å²) in [7, 11) is 0. The van der Waals surface area contributed by atoms with Crippen LogP contribution in [0.3, 0.4) is 0 Å². The van der Waals surface area contributed by atoms with Gasteiger partial charge in [0.1, 0.15) is 17.7 Å². The van der Waals surface area contributed by atoms with Gasteiger partial charge in [-0.05, 0) is 77.1 Å². The molecule has 0 aliphatic rings. The van der Waals surface area contributed by atoms with Crippen molar-refractivity contribution >= 4 is 41.1 Å². The Morgan fingerprint density at radius 3 is 2.29 bits per heavy atom. The zero-order valence-electron chi connectivity index (χ0n) is 25.8. The molecule has 0 aromatic heterocycles. The molecule has 0 aliphatic carbocycles. The van der Waals surface area contributed by atoms with Crippen LogP contribution in [0.1, 0.15) is 88.1 Å². The molecule has 0 bridgehead atoms. The van der Waals surface area contributed by atoms with E-state index in [1.165, 1.54) is 4.90 Å². The first-order valence-electron chi connectivity index (χ1n) is 14.4. The minimum absolute atomic E-state index is 0.0530. The largest absolute Gasteiger partial charge is 0.444 e. The Kier molecular flexibility index (Phi) is 12.8. The average molecular weight is 601 g/mol. The van der Waals surface area contributed by atoms with Crippen LogP contribution in [0.25, 0.3) is 0 Å². The second kappa shape index (κ2) is 15.6. The van der Waals surface area contributed by atoms with Gasteiger partial charge >= 0.3 is 6.09 Å². The fourth-order valence-electron chi connectivity index (χ4n) is 4.66. The van der Waals surface area contributed by atoms with Gasteiger partial charge < -0.3 is 26.0 Å². The quantitative estimate of drug-likeness (QED) is 0.238. The molecule has 2 atom stereocenters. The van der Waals surface area contributed by atoms with E-state index in [1.807, 2.05) is 52.0 Å². The van der Waals surface area contributed by atoms with Gasteiger partial charge in [0.2, 0.25) is 11.8 Å². The Labute approximate surface area is 254 Å². The maximum Gasteiger partial charge on any atom is 0.408 e. The average Bonchev–Trinajstić information content (AvgIpc) is 2.87. The van der Waals surface area contributed by atoms with Crippen LogP contribution in [0.5, 0.6) is 0 Å². The van der Waals surface area contributed by atoms with E-state index in [0.717, 1.165) is 29.5 Å². The number of hydrogen-bond donors (Lipinski definition) is 3. The summed E-state index contributed by atoms with van der Waals surface area (Å²) in [4.78, 5) is 54.5. The topological polar surface area (TPSA) is 131 Å². The van der Waals surface area contributed by atoms with Crippen LogP contribution in [-0.2, 0) is 19.1 Å². The van der Waals surface area contributed by atoms with Crippen molar-refractivity contribution in [2.45, 2.75) is 98.3 Å². The number of nitrogens with one attached hydrogen (secondary N) is 2. The van der Waals surface area contributed by atoms with Gasteiger partial charge in [-0.15, -0.1) is 0 Å². The molecule has 10 heteroatoms. The number of nitrogens with zero attached hydrogens (tertiary/aromatic N) is 1. The summed E-state index contributed by atoms with van der Waals surface area (Å²) in [6.07, 6.45) is 1.33. The number of hydrogen-bond acceptors (Lipinski definition) is 5. The number of unbranched alkanes of at least 4 members (excludes halogenated alkanes) is 2. The third-order valence-electron chi connectivity index (χ3n) is 6.70. The zero-order chi connectivity index (χ0) is 31.6. The van der Waals surface area contributed by atoms with Gasteiger partial charge in [-0.1, -0.05) is 67.3 Å². The van der Waals surface area contributed by atoms with Crippen LogP contribution < -0.4 is 16.4 Å². The Hall–Kier alpha value is -3.59. The van der Waals surface area contributed by atoms with Crippen molar-refractivity contribution in [2.75, 3.05) is 11.9 Å². The molecule has 4 amide bonds. The van der Waals surface area contributed by atoms with Gasteiger partial charge in [-0.25, -0.2) is 4.79 Å². The van der Waals surface area contributed by atoms with Gasteiger partial charge in [0.05, 0.1) is 10.7 Å². The standard InChI is InChI=1S/C32H45ClN4O5/c1-8-9-10-18-37(30(40)25(16-17-26(34)38)35-31(41)42-32(5,6)7)28(23-15-14-20(2)19-22(23)4)29(39)36-27-21(3)12-11-13-24(27)33/h11-15,19,25,28H,8-10,16-18H2,1-7H3,(H2,34,38)(H,35,41)(H,36,39). The van der Waals surface area contributed by atoms with Crippen LogP contribution in [0.2, 0.25) is 5.02 Å². The molecule has 230 valence electrons. The van der Waals surface area contributed by atoms with Crippen LogP contribution >= 0.6 is 11.6 Å². The summed E-state index contributed by atoms with van der Waals surface area (Å²) in [6.45, 7) is 13.1. The Bertz CT molecular complexity index is 1250. The van der Waals surface area contributed by atoms with Crippen LogP contribution in [0.15, 0.2) is 36.4 Å². The molecule has 2 unspecified atom stereocenters. The first-order valence-corrected chi connectivity index (χ1v) is 14.7. The van der Waals surface area contributed by atoms with E-state index in [4.69, 9.17) is 22.1 Å². The summed E-state index contributed by atoms with van der Waals surface area (Å²) in [6, 6.07) is 8.79. The van der Waals surface area contributed by atoms with E-state index in [9.17, 15) is 19.2 Å². The highest BCUT2D eigenvalue weighted by atomic mass is 35.5. The smallest absolute Gasteiger partial charge is 0.408 e. The first kappa shape index (κ1) is 34.6. The molecule has 0 aliphatic heterocycles. The Morgan fingerprint density at radius 2 is 1.71 bits per heavy atom. The normalized spacial score (nSPS) is 12.7. The number of primary amides is 1. The molecule has 9 nitrogen and oxygen atoms in total. The lowest BCUT2D eigenvalue weighted by Crippen LogP contribution is -2.53. The number of alkyl carbamates (subject to hydrolysis) is 1. The minimum Gasteiger partial charge on any atom is -0.444 e. The predicted molar refractivity (Wildman–Crippen MR) is 166 cm³/mol. The maximum atomic E-state index is 14.3. The summed E-state index contributed by atoms with van der Waals surface area (Å²) >= 11 is 6.45. The zero-order valence-corrected chi connectivity index (χ0v) is 26.6. The molecule has 42 heavy (non-hydrogen) atoms. The van der Waals surface area contributed by atoms with Gasteiger partial charge in [-0.3, -0.25) is 14.4 Å². The molecular formula is C32H45ClN4O5. The Morgan fingerprint density at radius 1 is 1.02 bits per heavy atom. The van der Waals surface area contributed by atoms with Crippen molar-refractivity contribution < 1.29 is 23.9 Å². The monoisotopic (exact) mass is 600 g/mol. The van der Waals surface area contributed by atoms with Crippen LogP contribution in [0, 0.1) is 20.8 Å². The van der Waals surface area contributed by atoms with Crippen molar-refractivity contribution in [3.05, 3.63) is 63.7 Å². The molecule has 2 aromatic rings. The number of ether oxygens (including phenoxy) is 1. The summed E-state index contributed by atoms with van der Waals surface area (Å²) < 4.78 is 5.40. The molecule has 0 radical (unpaired) electrons. The highest BCUT2D eigenvalue weighted by Gasteiger charge is 2.37. The van der Waals surface area contributed by atoms with Gasteiger partial charge in [-0.2, -0.15) is 0 Å². The molecule has 0 spiro atoms. The molecular weight excluding hydrogens is 556 g/mol. The number of halogens is 1. The summed E-state index contributed by atoms with van der Waals surface area (Å²) in [5.74, 6) is -1.59. The Balaban J connectivity index is 2.64. The number of carbonyl (C=O) groups is 4. The number of aryl methyl sites for hydroxylation is 3. The van der Waals surface area contributed by atoms with Gasteiger partial charge in [0.25, 0.3) is 5.91 Å². The van der Waals surface area contributed by atoms with Crippen LogP contribution in [-0.4, -0.2) is 46.9 Å². The molecule has 0 saturated carbocycles. The van der Waals surface area contributed by atoms with E-state index < -0.39 is 41.5 Å². The third kappa shape index (κ3) is 10.4. The fraction of sp³-hybridized carbons (Fsp3) is 0.500. The van der Waals surface area contributed by atoms with Crippen molar-refractivity contribution in [3.8, 4) is 0 Å². The van der Waals surface area contributed by atoms with E-state index in [0.29, 0.717) is 22.7 Å². The third-order valence-corrected chi connectivity index (χ3v) is 7.02. The number of anilines is 1. The maximum absolute atomic E-state index is 14.3. The van der Waals surface area contributed by atoms with E-state index in [2.05, 4.69) is 10.6 Å². The highest BCUT2D eigenvalue weighted by molar-refractivity contribution is 6.34. The first-order chi connectivity index (χ1) is 19.6. The highest BCUT2D eigenvalue weighted by Crippen LogP contribution is 2.31. The van der Waals surface area contributed by atoms with E-state index in [-0.39, 0.29) is 19.4 Å². The molecule has 0 saturated heterocycles. The number of nitrogens with two attached hydrogens (primary N) is 1. The van der Waals surface area contributed by atoms with E-state index >= 15 is 0 Å². The second-order valence-electron chi connectivity index (χ2n) is 11.6. The van der Waals surface area contributed by atoms with Gasteiger partial charge in [0, 0.05) is 13.0 Å². The molecule has 0 heterocycles. The molecule has 2 aromatic carbocycles. The SMILES string of the molecule is CCCCCN(C(=O)C(CCC(N)=O)NC(=O)OC(C)(C)C)C(C(=O)Nc1c(C)cccc1Cl)c1ccc(C)cc1C. The number of benzene rings is 2. The summed E-state index contributed by atoms with van der Waals surface area (Å²) in [5, 5.41) is 5.95. The second-order valence-corrected chi connectivity index (χ2v) is 12.0. The fourth-order valence-corrected chi connectivity index (χ4v) is 4.93. The number of carbonyl (C=O) groups excluding carboxylic acids is 4. The van der Waals surface area contributed by atoms with Crippen LogP contribution in [0.4, 0.5) is 10.5 Å². The van der Waals surface area contributed by atoms with Gasteiger partial charge in [0.15, 0.2) is 0 Å². The number of amides is 4. The van der Waals surface area contributed by atoms with E-state index in [1.54, 1.807) is 32.9 Å². The van der Waals surface area contributed by atoms with Crippen molar-refractivity contribution in [1.82, 2.24) is 10.2 Å². The van der Waals surface area contributed by atoms with Crippen molar-refractivity contribution in [2.24, 2.45) is 5.73 Å². The number of rotatable bonds is 13. The predicted octanol–water partition coefficient (Wildman–Crippen LogP) is 6.12. The van der Waals surface area contributed by atoms with Crippen molar-refractivity contribution in [3.63, 3.8) is 0 Å². The minimum atomic E-state index is -1.16. The summed E-state index contributed by atoms with van der Waals surface area (Å²) in [5.41, 5.74) is 8.30. The molecule has 2 rings (SSSR count). The lowest BCUT2D eigenvalue weighted by Gasteiger charge is -2.35. The lowest BCUT2D eigenvalue weighted by atomic mass is 9.95. The van der Waals surface area contributed by atoms with Crippen molar-refractivity contribution in [1.29, 1.82) is 0 Å². The molecule has 4 N–H and O–H groups in total. The molecule has 0 fully saturated rings. The number of para-hydroxylation sites is 1. The lowest BCUT2D eigenvalue weighted by molar-refractivity contribution is -0.141.